The van der Waals surface area contributed by atoms with Crippen LogP contribution in [0.2, 0.25) is 0 Å². The molecule has 0 unspecified atom stereocenters. The van der Waals surface area contributed by atoms with Gasteiger partial charge < -0.3 is 47.4 Å². The average Bonchev–Trinajstić information content (AvgIpc) is 3.65. The molecule has 11 heteroatoms. The van der Waals surface area contributed by atoms with Crippen molar-refractivity contribution in [2.24, 2.45) is 0 Å². The molecular formula is C32H36O11. The van der Waals surface area contributed by atoms with Crippen molar-refractivity contribution in [2.75, 3.05) is 47.4 Å². The summed E-state index contributed by atoms with van der Waals surface area (Å²) in [5.41, 5.74) is 2.40. The van der Waals surface area contributed by atoms with Crippen LogP contribution in [0.25, 0.3) is 21.9 Å². The van der Waals surface area contributed by atoms with Gasteiger partial charge >= 0.3 is 5.97 Å². The third-order valence-electron chi connectivity index (χ3n) is 7.79. The van der Waals surface area contributed by atoms with E-state index in [4.69, 9.17) is 47.4 Å². The minimum absolute atomic E-state index is 0.0216. The van der Waals surface area contributed by atoms with Gasteiger partial charge in [-0.25, -0.2) is 4.79 Å². The Morgan fingerprint density at radius 3 is 2.21 bits per heavy atom. The summed E-state index contributed by atoms with van der Waals surface area (Å²) < 4.78 is 59.3. The minimum atomic E-state index is -0.860. The molecule has 0 amide bonds. The molecule has 1 saturated heterocycles. The van der Waals surface area contributed by atoms with Gasteiger partial charge in [0.05, 0.1) is 26.4 Å². The summed E-state index contributed by atoms with van der Waals surface area (Å²) in [5, 5.41) is 1.38. The Hall–Kier alpha value is -3.77. The summed E-state index contributed by atoms with van der Waals surface area (Å²) in [4.78, 5) is 13.4. The van der Waals surface area contributed by atoms with Gasteiger partial charge in [-0.15, -0.1) is 0 Å². The van der Waals surface area contributed by atoms with Crippen LogP contribution < -0.4 is 23.7 Å². The van der Waals surface area contributed by atoms with E-state index in [9.17, 15) is 4.79 Å². The molecule has 3 aliphatic heterocycles. The molecule has 0 aromatic heterocycles. The molecule has 3 aromatic rings. The molecule has 6 rings (SSSR count). The van der Waals surface area contributed by atoms with Gasteiger partial charge in [-0.05, 0) is 56.0 Å². The van der Waals surface area contributed by atoms with E-state index in [-0.39, 0.29) is 26.1 Å². The first-order chi connectivity index (χ1) is 21.0. The van der Waals surface area contributed by atoms with E-state index in [0.29, 0.717) is 76.0 Å². The standard InChI is InChI=1S/C32H36O11/c1-6-36-25-15-40-32(30(38-8-3)29(25)37-7-2)43-28-19-13-23(35-5)22(34-4)12-18(19)26(27-20(28)14-39-31(27)33)17-9-10-21-24(11-17)42-16-41-21/h9-13,25,29-30,32H,6-8,14-16H2,1-5H3/t25-,29-,30+,32-/m0/s1. The molecule has 0 aliphatic carbocycles. The van der Waals surface area contributed by atoms with Crippen LogP contribution in [0.3, 0.4) is 0 Å². The van der Waals surface area contributed by atoms with Crippen molar-refractivity contribution in [3.63, 3.8) is 0 Å². The number of cyclic esters (lactones) is 1. The van der Waals surface area contributed by atoms with Gasteiger partial charge in [0.2, 0.25) is 13.1 Å². The average molecular weight is 597 g/mol. The van der Waals surface area contributed by atoms with E-state index < -0.39 is 24.5 Å². The van der Waals surface area contributed by atoms with Crippen molar-refractivity contribution in [1.29, 1.82) is 0 Å². The second-order valence-corrected chi connectivity index (χ2v) is 10.1. The molecule has 0 radical (unpaired) electrons. The molecule has 0 saturated carbocycles. The van der Waals surface area contributed by atoms with Crippen LogP contribution in [0.5, 0.6) is 28.7 Å². The molecule has 0 bridgehead atoms. The van der Waals surface area contributed by atoms with E-state index in [2.05, 4.69) is 0 Å². The maximum absolute atomic E-state index is 13.4. The topological polar surface area (TPSA) is 109 Å². The van der Waals surface area contributed by atoms with E-state index in [1.807, 2.05) is 51.1 Å². The molecule has 230 valence electrons. The van der Waals surface area contributed by atoms with Gasteiger partial charge in [-0.3, -0.25) is 0 Å². The van der Waals surface area contributed by atoms with Gasteiger partial charge in [0.1, 0.15) is 30.7 Å². The van der Waals surface area contributed by atoms with Crippen LogP contribution in [0.4, 0.5) is 0 Å². The number of methoxy groups -OCH3 is 2. The van der Waals surface area contributed by atoms with Gasteiger partial charge in [-0.2, -0.15) is 0 Å². The Bertz CT molecular complexity index is 1500. The monoisotopic (exact) mass is 596 g/mol. The number of esters is 1. The Kier molecular flexibility index (Phi) is 8.49. The van der Waals surface area contributed by atoms with Gasteiger partial charge in [-0.1, -0.05) is 6.07 Å². The maximum Gasteiger partial charge on any atom is 0.339 e. The van der Waals surface area contributed by atoms with Crippen LogP contribution in [0.15, 0.2) is 30.3 Å². The smallest absolute Gasteiger partial charge is 0.339 e. The van der Waals surface area contributed by atoms with E-state index in [1.54, 1.807) is 14.2 Å². The van der Waals surface area contributed by atoms with E-state index >= 15 is 0 Å². The van der Waals surface area contributed by atoms with Crippen molar-refractivity contribution < 1.29 is 52.2 Å². The highest BCUT2D eigenvalue weighted by Crippen LogP contribution is 2.49. The summed E-state index contributed by atoms with van der Waals surface area (Å²) >= 11 is 0. The number of rotatable bonds is 11. The number of benzene rings is 3. The van der Waals surface area contributed by atoms with E-state index in [0.717, 1.165) is 5.56 Å². The third kappa shape index (κ3) is 5.20. The predicted octanol–water partition coefficient (Wildman–Crippen LogP) is 4.87. The summed E-state index contributed by atoms with van der Waals surface area (Å²) in [6, 6.07) is 9.25. The van der Waals surface area contributed by atoms with Crippen LogP contribution in [0.1, 0.15) is 36.7 Å². The number of carbonyl (C=O) groups excluding carboxylic acids is 1. The maximum atomic E-state index is 13.4. The van der Waals surface area contributed by atoms with Crippen molar-refractivity contribution in [3.8, 4) is 39.9 Å². The fourth-order valence-electron chi connectivity index (χ4n) is 5.98. The lowest BCUT2D eigenvalue weighted by atomic mass is 9.89. The summed E-state index contributed by atoms with van der Waals surface area (Å²) in [5.74, 6) is 2.19. The lowest BCUT2D eigenvalue weighted by Gasteiger charge is -2.41. The SMILES string of the molecule is CCO[C@@H]1[C@@H](OCC)[C@H](Oc2c3c(c(-c4ccc5c(c4)OCO5)c4cc(OC)c(OC)cc24)C(=O)OC3)OC[C@@H]1OCC. The highest BCUT2D eigenvalue weighted by atomic mass is 16.7. The molecular weight excluding hydrogens is 560 g/mol. The summed E-state index contributed by atoms with van der Waals surface area (Å²) in [6.45, 7) is 7.53. The second kappa shape index (κ2) is 12.5. The zero-order valence-corrected chi connectivity index (χ0v) is 24.9. The van der Waals surface area contributed by atoms with Gasteiger partial charge in [0.25, 0.3) is 0 Å². The first kappa shape index (κ1) is 29.3. The van der Waals surface area contributed by atoms with Crippen molar-refractivity contribution in [3.05, 3.63) is 41.5 Å². The number of hydrogen-bond acceptors (Lipinski definition) is 11. The largest absolute Gasteiger partial charge is 0.493 e. The minimum Gasteiger partial charge on any atom is -0.493 e. The zero-order chi connectivity index (χ0) is 30.1. The Balaban J connectivity index is 1.54. The van der Waals surface area contributed by atoms with Crippen LogP contribution in [-0.4, -0.2) is 78.0 Å². The third-order valence-corrected chi connectivity index (χ3v) is 7.79. The number of fused-ring (bicyclic) bond motifs is 3. The number of carbonyl (C=O) groups is 1. The zero-order valence-electron chi connectivity index (χ0n) is 24.9. The molecule has 11 nitrogen and oxygen atoms in total. The molecule has 43 heavy (non-hydrogen) atoms. The molecule has 1 fully saturated rings. The fraction of sp³-hybridized carbons (Fsp3) is 0.469. The molecule has 4 atom stereocenters. The van der Waals surface area contributed by atoms with Crippen LogP contribution in [-0.2, 0) is 30.3 Å². The Labute approximate surface area is 249 Å². The predicted molar refractivity (Wildman–Crippen MR) is 154 cm³/mol. The normalized spacial score (nSPS) is 22.4. The van der Waals surface area contributed by atoms with Gasteiger partial charge in [0.15, 0.2) is 23.0 Å². The van der Waals surface area contributed by atoms with Crippen molar-refractivity contribution in [1.82, 2.24) is 0 Å². The van der Waals surface area contributed by atoms with Crippen LogP contribution in [0, 0.1) is 0 Å². The molecule has 0 N–H and O–H groups in total. The number of hydrogen-bond donors (Lipinski definition) is 0. The second-order valence-electron chi connectivity index (χ2n) is 10.1. The van der Waals surface area contributed by atoms with Crippen LogP contribution >= 0.6 is 0 Å². The summed E-state index contributed by atoms with van der Waals surface area (Å²) in [6.07, 6.45) is -2.22. The van der Waals surface area contributed by atoms with E-state index in [1.165, 1.54) is 0 Å². The Morgan fingerprint density at radius 2 is 1.49 bits per heavy atom. The highest BCUT2D eigenvalue weighted by Gasteiger charge is 2.45. The van der Waals surface area contributed by atoms with Crippen molar-refractivity contribution >= 4 is 16.7 Å². The first-order valence-electron chi connectivity index (χ1n) is 14.5. The lowest BCUT2D eigenvalue weighted by molar-refractivity contribution is -0.270. The molecule has 3 heterocycles. The molecule has 3 aliphatic rings. The lowest BCUT2D eigenvalue weighted by Crippen LogP contribution is -2.58. The molecule has 3 aromatic carbocycles. The van der Waals surface area contributed by atoms with Crippen molar-refractivity contribution in [2.45, 2.75) is 52.0 Å². The quantitative estimate of drug-likeness (QED) is 0.283. The van der Waals surface area contributed by atoms with Gasteiger partial charge in [0, 0.05) is 36.3 Å². The first-order valence-corrected chi connectivity index (χ1v) is 14.5. The fourth-order valence-corrected chi connectivity index (χ4v) is 5.98. The summed E-state index contributed by atoms with van der Waals surface area (Å²) in [7, 11) is 3.13. The Morgan fingerprint density at radius 1 is 0.791 bits per heavy atom. The number of ether oxygens (including phenoxy) is 10. The molecule has 0 spiro atoms. The highest BCUT2D eigenvalue weighted by molar-refractivity contribution is 6.14.